The van der Waals surface area contributed by atoms with E-state index in [0.29, 0.717) is 10.8 Å². The van der Waals surface area contributed by atoms with Gasteiger partial charge in [0.25, 0.3) is 0 Å². The zero-order chi connectivity index (χ0) is 9.42. The molecule has 0 amide bonds. The first kappa shape index (κ1) is 8.26. The van der Waals surface area contributed by atoms with Crippen molar-refractivity contribution < 1.29 is 0 Å². The van der Waals surface area contributed by atoms with Crippen LogP contribution >= 0.6 is 11.6 Å². The highest BCUT2D eigenvalue weighted by atomic mass is 35.5. The van der Waals surface area contributed by atoms with Crippen molar-refractivity contribution in [2.45, 2.75) is 6.92 Å². The van der Waals surface area contributed by atoms with Crippen LogP contribution < -0.4 is 5.73 Å². The first-order chi connectivity index (χ1) is 6.16. The minimum absolute atomic E-state index is 0.429. The number of halogens is 1. The Kier molecular flexibility index (Phi) is 1.81. The molecule has 1 aromatic carbocycles. The number of nitrogen functional groups attached to an aromatic ring is 1. The highest BCUT2D eigenvalue weighted by Gasteiger charge is 2.02. The summed E-state index contributed by atoms with van der Waals surface area (Å²) in [5, 5.41) is 0.429. The van der Waals surface area contributed by atoms with Crippen LogP contribution in [0.25, 0.3) is 11.0 Å². The third-order valence-corrected chi connectivity index (χ3v) is 2.16. The number of nitrogens with two attached hydrogens (primary N) is 1. The van der Waals surface area contributed by atoms with Crippen LogP contribution in [0.4, 0.5) is 5.69 Å². The molecule has 0 atom stereocenters. The molecule has 0 aliphatic carbocycles. The summed E-state index contributed by atoms with van der Waals surface area (Å²) in [5.74, 6) is 0. The van der Waals surface area contributed by atoms with Crippen molar-refractivity contribution >= 4 is 28.3 Å². The molecule has 0 aliphatic heterocycles. The molecule has 66 valence electrons. The van der Waals surface area contributed by atoms with Crippen LogP contribution in [-0.2, 0) is 0 Å². The van der Waals surface area contributed by atoms with E-state index in [4.69, 9.17) is 17.3 Å². The van der Waals surface area contributed by atoms with Gasteiger partial charge in [-0.3, -0.25) is 0 Å². The van der Waals surface area contributed by atoms with Crippen LogP contribution in [0.1, 0.15) is 5.69 Å². The van der Waals surface area contributed by atoms with Gasteiger partial charge in [0.05, 0.1) is 16.7 Å². The summed E-state index contributed by atoms with van der Waals surface area (Å²) in [6.07, 6.45) is 0. The maximum atomic E-state index is 5.83. The summed E-state index contributed by atoms with van der Waals surface area (Å²) in [6.45, 7) is 1.82. The zero-order valence-corrected chi connectivity index (χ0v) is 7.84. The lowest BCUT2D eigenvalue weighted by atomic mass is 10.2. The van der Waals surface area contributed by atoms with E-state index in [1.165, 1.54) is 0 Å². The van der Waals surface area contributed by atoms with Gasteiger partial charge in [0.1, 0.15) is 0 Å². The van der Waals surface area contributed by atoms with Crippen molar-refractivity contribution in [2.24, 2.45) is 0 Å². The van der Waals surface area contributed by atoms with E-state index in [-0.39, 0.29) is 0 Å². The Labute approximate surface area is 80.6 Å². The van der Waals surface area contributed by atoms with Crippen molar-refractivity contribution in [1.82, 2.24) is 9.97 Å². The smallest absolute Gasteiger partial charge is 0.150 e. The predicted molar refractivity (Wildman–Crippen MR) is 53.7 cm³/mol. The van der Waals surface area contributed by atoms with Crippen LogP contribution in [0.2, 0.25) is 5.15 Å². The van der Waals surface area contributed by atoms with E-state index in [1.54, 1.807) is 12.1 Å². The van der Waals surface area contributed by atoms with Crippen molar-refractivity contribution in [3.05, 3.63) is 29.0 Å². The van der Waals surface area contributed by atoms with Crippen LogP contribution in [0.5, 0.6) is 0 Å². The molecule has 0 radical (unpaired) electrons. The van der Waals surface area contributed by atoms with E-state index in [0.717, 1.165) is 16.7 Å². The van der Waals surface area contributed by atoms with E-state index in [1.807, 2.05) is 13.0 Å². The normalized spacial score (nSPS) is 10.6. The molecule has 0 aliphatic rings. The summed E-state index contributed by atoms with van der Waals surface area (Å²) in [6, 6.07) is 5.39. The highest BCUT2D eigenvalue weighted by molar-refractivity contribution is 6.30. The van der Waals surface area contributed by atoms with Gasteiger partial charge < -0.3 is 5.73 Å². The SMILES string of the molecule is Cc1nc2ccc(N)cc2nc1Cl. The first-order valence-electron chi connectivity index (χ1n) is 3.86. The second-order valence-corrected chi connectivity index (χ2v) is 3.21. The van der Waals surface area contributed by atoms with Crippen LogP contribution in [0.3, 0.4) is 0 Å². The largest absolute Gasteiger partial charge is 0.399 e. The molecule has 3 nitrogen and oxygen atoms in total. The maximum absolute atomic E-state index is 5.83. The van der Waals surface area contributed by atoms with Gasteiger partial charge in [-0.1, -0.05) is 11.6 Å². The Hall–Kier alpha value is -1.35. The Balaban J connectivity index is 2.81. The van der Waals surface area contributed by atoms with Crippen LogP contribution in [-0.4, -0.2) is 9.97 Å². The molecule has 13 heavy (non-hydrogen) atoms. The molecule has 2 N–H and O–H groups in total. The standard InChI is InChI=1S/C9H8ClN3/c1-5-9(10)13-8-4-6(11)2-3-7(8)12-5/h2-4H,11H2,1H3. The topological polar surface area (TPSA) is 51.8 Å². The molecule has 4 heteroatoms. The third kappa shape index (κ3) is 1.42. The zero-order valence-electron chi connectivity index (χ0n) is 7.08. The van der Waals surface area contributed by atoms with E-state index >= 15 is 0 Å². The molecule has 1 heterocycles. The van der Waals surface area contributed by atoms with Gasteiger partial charge >= 0.3 is 0 Å². The third-order valence-electron chi connectivity index (χ3n) is 1.80. The molecule has 2 aromatic rings. The number of hydrogen-bond donors (Lipinski definition) is 1. The molecule has 0 bridgehead atoms. The fourth-order valence-electron chi connectivity index (χ4n) is 1.14. The quantitative estimate of drug-likeness (QED) is 0.653. The predicted octanol–water partition coefficient (Wildman–Crippen LogP) is 2.17. The van der Waals surface area contributed by atoms with E-state index < -0.39 is 0 Å². The molecule has 1 aromatic heterocycles. The van der Waals surface area contributed by atoms with Crippen molar-refractivity contribution in [3.63, 3.8) is 0 Å². The van der Waals surface area contributed by atoms with Crippen LogP contribution in [0.15, 0.2) is 18.2 Å². The lowest BCUT2D eigenvalue weighted by Crippen LogP contribution is -1.91. The molecular weight excluding hydrogens is 186 g/mol. The number of fused-ring (bicyclic) bond motifs is 1. The lowest BCUT2D eigenvalue weighted by Gasteiger charge is -2.00. The number of rotatable bonds is 0. The van der Waals surface area contributed by atoms with Crippen molar-refractivity contribution in [2.75, 3.05) is 5.73 Å². The molecule has 0 spiro atoms. The monoisotopic (exact) mass is 193 g/mol. The summed E-state index contributed by atoms with van der Waals surface area (Å²) in [5.41, 5.74) is 8.55. The summed E-state index contributed by atoms with van der Waals surface area (Å²) in [4.78, 5) is 8.43. The average molecular weight is 194 g/mol. The van der Waals surface area contributed by atoms with Gasteiger partial charge in [-0.05, 0) is 25.1 Å². The fourth-order valence-corrected chi connectivity index (χ4v) is 1.27. The van der Waals surface area contributed by atoms with Gasteiger partial charge in [-0.25, -0.2) is 9.97 Å². The van der Waals surface area contributed by atoms with Gasteiger partial charge in [-0.2, -0.15) is 0 Å². The Morgan fingerprint density at radius 3 is 2.77 bits per heavy atom. The minimum Gasteiger partial charge on any atom is -0.399 e. The summed E-state index contributed by atoms with van der Waals surface area (Å²) >= 11 is 5.83. The number of nitrogens with zero attached hydrogens (tertiary/aromatic N) is 2. The number of hydrogen-bond acceptors (Lipinski definition) is 3. The second kappa shape index (κ2) is 2.85. The minimum atomic E-state index is 0.429. The second-order valence-electron chi connectivity index (χ2n) is 2.85. The van der Waals surface area contributed by atoms with E-state index in [9.17, 15) is 0 Å². The molecule has 2 rings (SSSR count). The molecular formula is C9H8ClN3. The van der Waals surface area contributed by atoms with Gasteiger partial charge in [0.15, 0.2) is 5.15 Å². The number of anilines is 1. The molecule has 0 unspecified atom stereocenters. The number of benzene rings is 1. The lowest BCUT2D eigenvalue weighted by molar-refractivity contribution is 1.19. The van der Waals surface area contributed by atoms with Gasteiger partial charge in [0, 0.05) is 5.69 Å². The molecule has 0 saturated heterocycles. The number of aryl methyl sites for hydroxylation is 1. The highest BCUT2D eigenvalue weighted by Crippen LogP contribution is 2.18. The summed E-state index contributed by atoms with van der Waals surface area (Å²) in [7, 11) is 0. The van der Waals surface area contributed by atoms with Crippen molar-refractivity contribution in [1.29, 1.82) is 0 Å². The maximum Gasteiger partial charge on any atom is 0.150 e. The fraction of sp³-hybridized carbons (Fsp3) is 0.111. The number of aromatic nitrogens is 2. The van der Waals surface area contributed by atoms with Gasteiger partial charge in [0.2, 0.25) is 0 Å². The summed E-state index contributed by atoms with van der Waals surface area (Å²) < 4.78 is 0. The molecule has 0 fully saturated rings. The average Bonchev–Trinajstić information content (AvgIpc) is 2.08. The Bertz CT molecular complexity index is 468. The Morgan fingerprint density at radius 2 is 2.00 bits per heavy atom. The van der Waals surface area contributed by atoms with Crippen molar-refractivity contribution in [3.8, 4) is 0 Å². The Morgan fingerprint density at radius 1 is 1.23 bits per heavy atom. The molecule has 0 saturated carbocycles. The van der Waals surface area contributed by atoms with E-state index in [2.05, 4.69) is 9.97 Å². The van der Waals surface area contributed by atoms with Crippen LogP contribution in [0, 0.1) is 6.92 Å². The first-order valence-corrected chi connectivity index (χ1v) is 4.24. The van der Waals surface area contributed by atoms with Gasteiger partial charge in [-0.15, -0.1) is 0 Å².